The maximum Gasteiger partial charge on any atom is 0.328 e. The van der Waals surface area contributed by atoms with Crippen molar-refractivity contribution in [3.63, 3.8) is 0 Å². The molecule has 0 spiro atoms. The van der Waals surface area contributed by atoms with E-state index in [1.54, 1.807) is 13.8 Å². The van der Waals surface area contributed by atoms with E-state index in [4.69, 9.17) is 10.5 Å². The molecule has 0 aliphatic carbocycles. The highest BCUT2D eigenvalue weighted by Crippen LogP contribution is 2.08. The number of carbonyl (C=O) groups excluding carboxylic acids is 3. The van der Waals surface area contributed by atoms with Gasteiger partial charge in [-0.15, -0.1) is 0 Å². The summed E-state index contributed by atoms with van der Waals surface area (Å²) in [5.41, 5.74) is 6.94. The van der Waals surface area contributed by atoms with Gasteiger partial charge < -0.3 is 21.1 Å². The smallest absolute Gasteiger partial charge is 0.328 e. The highest BCUT2D eigenvalue weighted by molar-refractivity contribution is 5.92. The second-order valence-electron chi connectivity index (χ2n) is 7.28. The summed E-state index contributed by atoms with van der Waals surface area (Å²) in [6, 6.07) is 7.08. The lowest BCUT2D eigenvalue weighted by atomic mass is 9.99. The molecule has 7 heteroatoms. The number of methoxy groups -OCH3 is 1. The van der Waals surface area contributed by atoms with Crippen molar-refractivity contribution in [1.29, 1.82) is 0 Å². The molecule has 2 amide bonds. The number of esters is 1. The molecule has 0 aliphatic rings. The Hall–Kier alpha value is -2.41. The average Bonchev–Trinajstić information content (AvgIpc) is 2.63. The number of nitrogens with two attached hydrogens (primary N) is 1. The van der Waals surface area contributed by atoms with Crippen LogP contribution >= 0.6 is 0 Å². The quantitative estimate of drug-likeness (QED) is 0.556. The monoisotopic (exact) mass is 377 g/mol. The van der Waals surface area contributed by atoms with E-state index in [1.165, 1.54) is 7.11 Å². The maximum absolute atomic E-state index is 12.7. The minimum Gasteiger partial charge on any atom is -0.467 e. The molecule has 7 nitrogen and oxygen atoms in total. The number of ether oxygens (including phenoxy) is 1. The number of rotatable bonds is 9. The highest BCUT2D eigenvalue weighted by Gasteiger charge is 2.31. The molecule has 0 radical (unpaired) electrons. The zero-order valence-corrected chi connectivity index (χ0v) is 16.7. The van der Waals surface area contributed by atoms with Crippen LogP contribution < -0.4 is 16.4 Å². The topological polar surface area (TPSA) is 111 Å². The molecule has 0 aliphatic heterocycles. The molecular weight excluding hydrogens is 346 g/mol. The van der Waals surface area contributed by atoms with Gasteiger partial charge in [-0.05, 0) is 23.8 Å². The zero-order chi connectivity index (χ0) is 20.6. The van der Waals surface area contributed by atoms with Gasteiger partial charge in [-0.2, -0.15) is 0 Å². The SMILES string of the molecule is COC(=O)[C@@H](NC(=O)[C@@H](NC(=O)[C@@H](N)Cc1ccccc1)C(C)C)C(C)C. The van der Waals surface area contributed by atoms with Crippen LogP contribution in [0.25, 0.3) is 0 Å². The molecule has 0 saturated carbocycles. The molecule has 0 saturated heterocycles. The molecule has 1 rings (SSSR count). The Morgan fingerprint density at radius 1 is 0.926 bits per heavy atom. The van der Waals surface area contributed by atoms with E-state index in [0.717, 1.165) is 5.56 Å². The van der Waals surface area contributed by atoms with E-state index in [1.807, 2.05) is 44.2 Å². The van der Waals surface area contributed by atoms with E-state index < -0.39 is 35.9 Å². The van der Waals surface area contributed by atoms with Gasteiger partial charge in [-0.25, -0.2) is 4.79 Å². The van der Waals surface area contributed by atoms with Crippen molar-refractivity contribution < 1.29 is 19.1 Å². The van der Waals surface area contributed by atoms with Gasteiger partial charge in [0.15, 0.2) is 0 Å². The fraction of sp³-hybridized carbons (Fsp3) is 0.550. The zero-order valence-electron chi connectivity index (χ0n) is 16.7. The fourth-order valence-corrected chi connectivity index (χ4v) is 2.62. The fourth-order valence-electron chi connectivity index (χ4n) is 2.62. The Kier molecular flexibility index (Phi) is 8.94. The van der Waals surface area contributed by atoms with E-state index in [2.05, 4.69) is 10.6 Å². The van der Waals surface area contributed by atoms with Gasteiger partial charge in [0.05, 0.1) is 13.2 Å². The number of benzene rings is 1. The van der Waals surface area contributed by atoms with Crippen LogP contribution in [-0.4, -0.2) is 43.0 Å². The van der Waals surface area contributed by atoms with E-state index in [0.29, 0.717) is 6.42 Å². The molecule has 150 valence electrons. The van der Waals surface area contributed by atoms with Crippen LogP contribution in [0.5, 0.6) is 0 Å². The number of hydrogen-bond acceptors (Lipinski definition) is 5. The predicted molar refractivity (Wildman–Crippen MR) is 104 cm³/mol. The Balaban J connectivity index is 2.77. The summed E-state index contributed by atoms with van der Waals surface area (Å²) in [6.45, 7) is 7.24. The maximum atomic E-state index is 12.7. The van der Waals surface area contributed by atoms with Crippen molar-refractivity contribution in [1.82, 2.24) is 10.6 Å². The van der Waals surface area contributed by atoms with Gasteiger partial charge >= 0.3 is 5.97 Å². The lowest BCUT2D eigenvalue weighted by molar-refractivity contribution is -0.146. The largest absolute Gasteiger partial charge is 0.467 e. The van der Waals surface area contributed by atoms with E-state index >= 15 is 0 Å². The molecule has 4 N–H and O–H groups in total. The second kappa shape index (κ2) is 10.7. The van der Waals surface area contributed by atoms with Crippen LogP contribution in [-0.2, 0) is 25.5 Å². The molecule has 27 heavy (non-hydrogen) atoms. The van der Waals surface area contributed by atoms with Gasteiger partial charge in [0.1, 0.15) is 12.1 Å². The minimum absolute atomic E-state index is 0.148. The van der Waals surface area contributed by atoms with Gasteiger partial charge in [0.25, 0.3) is 0 Å². The number of carbonyl (C=O) groups is 3. The molecule has 1 aromatic carbocycles. The molecule has 0 heterocycles. The van der Waals surface area contributed by atoms with Crippen LogP contribution in [0, 0.1) is 11.8 Å². The molecule has 3 atom stereocenters. The highest BCUT2D eigenvalue weighted by atomic mass is 16.5. The number of nitrogens with one attached hydrogen (secondary N) is 2. The van der Waals surface area contributed by atoms with Crippen LogP contribution in [0.1, 0.15) is 33.3 Å². The van der Waals surface area contributed by atoms with Crippen molar-refractivity contribution in [2.75, 3.05) is 7.11 Å². The van der Waals surface area contributed by atoms with Crippen LogP contribution in [0.3, 0.4) is 0 Å². The number of hydrogen-bond donors (Lipinski definition) is 3. The van der Waals surface area contributed by atoms with Crippen molar-refractivity contribution in [3.05, 3.63) is 35.9 Å². The Morgan fingerprint density at radius 3 is 1.93 bits per heavy atom. The van der Waals surface area contributed by atoms with Gasteiger partial charge in [-0.1, -0.05) is 58.0 Å². The third-order valence-electron chi connectivity index (χ3n) is 4.30. The first-order chi connectivity index (χ1) is 12.7. The van der Waals surface area contributed by atoms with E-state index in [-0.39, 0.29) is 11.8 Å². The summed E-state index contributed by atoms with van der Waals surface area (Å²) in [5, 5.41) is 5.38. The molecule has 1 aromatic rings. The molecular formula is C20H31N3O4. The van der Waals surface area contributed by atoms with Gasteiger partial charge in [0, 0.05) is 0 Å². The molecule has 0 fully saturated rings. The summed E-state index contributed by atoms with van der Waals surface area (Å²) in [7, 11) is 1.27. The predicted octanol–water partition coefficient (Wildman–Crippen LogP) is 1.01. The molecule has 0 aromatic heterocycles. The summed E-state index contributed by atoms with van der Waals surface area (Å²) in [6.07, 6.45) is 0.371. The van der Waals surface area contributed by atoms with Crippen LogP contribution in [0.2, 0.25) is 0 Å². The first-order valence-corrected chi connectivity index (χ1v) is 9.15. The Morgan fingerprint density at radius 2 is 1.44 bits per heavy atom. The van der Waals surface area contributed by atoms with Gasteiger partial charge in [-0.3, -0.25) is 9.59 Å². The van der Waals surface area contributed by atoms with Crippen molar-refractivity contribution in [2.24, 2.45) is 17.6 Å². The van der Waals surface area contributed by atoms with Crippen molar-refractivity contribution in [3.8, 4) is 0 Å². The second-order valence-corrected chi connectivity index (χ2v) is 7.28. The van der Waals surface area contributed by atoms with Gasteiger partial charge in [0.2, 0.25) is 11.8 Å². The van der Waals surface area contributed by atoms with E-state index in [9.17, 15) is 14.4 Å². The number of amides is 2. The van der Waals surface area contributed by atoms with Crippen LogP contribution in [0.15, 0.2) is 30.3 Å². The Labute approximate surface area is 161 Å². The lowest BCUT2D eigenvalue weighted by Gasteiger charge is -2.27. The third-order valence-corrected chi connectivity index (χ3v) is 4.30. The minimum atomic E-state index is -0.801. The summed E-state index contributed by atoms with van der Waals surface area (Å²) in [4.78, 5) is 37.0. The molecule has 0 unspecified atom stereocenters. The first kappa shape index (κ1) is 22.6. The van der Waals surface area contributed by atoms with Crippen LogP contribution in [0.4, 0.5) is 0 Å². The Bertz CT molecular complexity index is 631. The molecule has 0 bridgehead atoms. The lowest BCUT2D eigenvalue weighted by Crippen LogP contribution is -2.57. The third kappa shape index (κ3) is 7.02. The standard InChI is InChI=1S/C20H31N3O4/c1-12(2)16(19(25)23-17(13(3)4)20(26)27-5)22-18(24)15(21)11-14-9-7-6-8-10-14/h6-10,12-13,15-17H,11,21H2,1-5H3,(H,22,24)(H,23,25)/t15-,16-,17-/m0/s1. The normalized spacial score (nSPS) is 14.4. The average molecular weight is 377 g/mol. The summed E-state index contributed by atoms with van der Waals surface area (Å²) >= 11 is 0. The summed E-state index contributed by atoms with van der Waals surface area (Å²) in [5.74, 6) is -1.69. The van der Waals surface area contributed by atoms with Crippen molar-refractivity contribution >= 4 is 17.8 Å². The summed E-state index contributed by atoms with van der Waals surface area (Å²) < 4.78 is 4.74. The first-order valence-electron chi connectivity index (χ1n) is 9.15. The van der Waals surface area contributed by atoms with Crippen molar-refractivity contribution in [2.45, 2.75) is 52.2 Å².